The minimum absolute atomic E-state index is 0.0492. The van der Waals surface area contributed by atoms with Crippen molar-refractivity contribution in [3.05, 3.63) is 34.9 Å². The molecule has 8 atom stereocenters. The third-order valence-corrected chi connectivity index (χ3v) is 12.8. The van der Waals surface area contributed by atoms with Gasteiger partial charge in [-0.3, -0.25) is 9.59 Å². The fraction of sp³-hybridized carbons (Fsp3) is 0.763. The first kappa shape index (κ1) is 34.5. The van der Waals surface area contributed by atoms with Crippen LogP contribution in [0.3, 0.4) is 0 Å². The topological polar surface area (TPSA) is 89.9 Å². The minimum atomic E-state index is -0.863. The standard InChI is InChI=1S/C38H58O6/c1-10-13-32(39)43-30-20-21-36(7)26-19-22-37(8)28(24(3)15-12-16-25(4)34(41)42)23-31(44-33(40)14-11-2)38(37,9)27(26)17-18-29(36)35(30,5)6/h16-17,19,24,28-31H,10-15,18,20-23H2,1-9H3,(H,41,42)/b25-16+/t24-,28-,29+,30+,31+,36-,37-,38-/m1/s1. The lowest BCUT2D eigenvalue weighted by molar-refractivity contribution is -0.169. The molecule has 0 unspecified atom stereocenters. The summed E-state index contributed by atoms with van der Waals surface area (Å²) in [5.41, 5.74) is 2.54. The average molecular weight is 611 g/mol. The molecule has 0 radical (unpaired) electrons. The van der Waals surface area contributed by atoms with Gasteiger partial charge in [0.2, 0.25) is 0 Å². The lowest BCUT2D eigenvalue weighted by Crippen LogP contribution is -2.56. The number of aliphatic carboxylic acids is 1. The van der Waals surface area contributed by atoms with Crippen LogP contribution < -0.4 is 0 Å². The molecule has 0 saturated heterocycles. The SMILES string of the molecule is CCCC(=O)O[C@H]1CC[C@]2(C)C3=CC[C@]4(C)[C@@H]([C@H](C)CC/C=C(\C)C(=O)O)C[C@H](OC(=O)CCC)[C@@]4(C)C3=CC[C@H]2C1(C)C. The van der Waals surface area contributed by atoms with E-state index in [4.69, 9.17) is 9.47 Å². The number of fused-ring (bicyclic) bond motifs is 5. The van der Waals surface area contributed by atoms with Crippen molar-refractivity contribution in [3.8, 4) is 0 Å². The van der Waals surface area contributed by atoms with Gasteiger partial charge < -0.3 is 14.6 Å². The van der Waals surface area contributed by atoms with Crippen LogP contribution in [0.15, 0.2) is 34.9 Å². The summed E-state index contributed by atoms with van der Waals surface area (Å²) in [6, 6.07) is 0. The van der Waals surface area contributed by atoms with Gasteiger partial charge in [0.25, 0.3) is 0 Å². The Balaban J connectivity index is 1.70. The van der Waals surface area contributed by atoms with Crippen molar-refractivity contribution in [3.63, 3.8) is 0 Å². The van der Waals surface area contributed by atoms with Crippen LogP contribution in [0.1, 0.15) is 133 Å². The van der Waals surface area contributed by atoms with Gasteiger partial charge in [0.1, 0.15) is 12.2 Å². The van der Waals surface area contributed by atoms with E-state index in [0.717, 1.165) is 57.8 Å². The maximum absolute atomic E-state index is 13.1. The summed E-state index contributed by atoms with van der Waals surface area (Å²) in [4.78, 5) is 36.9. The number of carboxylic acids is 1. The van der Waals surface area contributed by atoms with E-state index in [1.54, 1.807) is 6.92 Å². The Kier molecular flexibility index (Phi) is 10.0. The normalized spacial score (nSPS) is 36.6. The lowest BCUT2D eigenvalue weighted by atomic mass is 9.44. The molecule has 0 aromatic carbocycles. The summed E-state index contributed by atoms with van der Waals surface area (Å²) in [5.74, 6) is -0.0354. The highest BCUT2D eigenvalue weighted by Gasteiger charge is 2.67. The molecule has 0 heterocycles. The number of carboxylic acid groups (broad SMARTS) is 1. The largest absolute Gasteiger partial charge is 0.478 e. The maximum atomic E-state index is 13.1. The van der Waals surface area contributed by atoms with Crippen LogP contribution in [-0.2, 0) is 23.9 Å². The number of hydrogen-bond acceptors (Lipinski definition) is 5. The van der Waals surface area contributed by atoms with Crippen LogP contribution in [-0.4, -0.2) is 35.2 Å². The van der Waals surface area contributed by atoms with Gasteiger partial charge in [0.05, 0.1) is 0 Å². The predicted octanol–water partition coefficient (Wildman–Crippen LogP) is 8.99. The van der Waals surface area contributed by atoms with Crippen molar-refractivity contribution in [1.29, 1.82) is 0 Å². The zero-order chi connectivity index (χ0) is 32.7. The number of esters is 2. The second-order valence-electron chi connectivity index (χ2n) is 15.7. The molecular formula is C38H58O6. The molecule has 246 valence electrons. The summed E-state index contributed by atoms with van der Waals surface area (Å²) >= 11 is 0. The van der Waals surface area contributed by atoms with Crippen LogP contribution in [0.25, 0.3) is 0 Å². The molecule has 6 heteroatoms. The zero-order valence-corrected chi connectivity index (χ0v) is 28.9. The van der Waals surface area contributed by atoms with Crippen molar-refractivity contribution in [2.75, 3.05) is 0 Å². The molecule has 4 aliphatic carbocycles. The Bertz CT molecular complexity index is 1220. The molecule has 0 aliphatic heterocycles. The van der Waals surface area contributed by atoms with Gasteiger partial charge in [-0.15, -0.1) is 0 Å². The molecule has 2 saturated carbocycles. The fourth-order valence-electron chi connectivity index (χ4n) is 9.97. The fourth-order valence-corrected chi connectivity index (χ4v) is 9.97. The molecule has 0 bridgehead atoms. The number of carbonyl (C=O) groups is 3. The molecule has 4 rings (SSSR count). The molecule has 6 nitrogen and oxygen atoms in total. The number of ether oxygens (including phenoxy) is 2. The van der Waals surface area contributed by atoms with Crippen LogP contribution >= 0.6 is 0 Å². The number of rotatable bonds is 11. The summed E-state index contributed by atoms with van der Waals surface area (Å²) in [5, 5.41) is 9.32. The van der Waals surface area contributed by atoms with E-state index < -0.39 is 5.97 Å². The summed E-state index contributed by atoms with van der Waals surface area (Å²) in [6.45, 7) is 19.8. The van der Waals surface area contributed by atoms with Crippen LogP contribution in [0.4, 0.5) is 0 Å². The van der Waals surface area contributed by atoms with Gasteiger partial charge in [0.15, 0.2) is 0 Å². The van der Waals surface area contributed by atoms with Crippen molar-refractivity contribution in [1.82, 2.24) is 0 Å². The number of hydrogen-bond donors (Lipinski definition) is 1. The lowest BCUT2D eigenvalue weighted by Gasteiger charge is -2.61. The van der Waals surface area contributed by atoms with Gasteiger partial charge in [0, 0.05) is 29.2 Å². The summed E-state index contributed by atoms with van der Waals surface area (Å²) in [7, 11) is 0. The first-order chi connectivity index (χ1) is 20.6. The zero-order valence-electron chi connectivity index (χ0n) is 28.9. The van der Waals surface area contributed by atoms with Crippen molar-refractivity contribution in [2.45, 2.75) is 145 Å². The number of allylic oxidation sites excluding steroid dienone is 4. The molecule has 0 spiro atoms. The highest BCUT2D eigenvalue weighted by Crippen LogP contribution is 2.72. The molecule has 0 aromatic heterocycles. The van der Waals surface area contributed by atoms with E-state index in [9.17, 15) is 19.5 Å². The van der Waals surface area contributed by atoms with E-state index in [-0.39, 0.29) is 45.8 Å². The van der Waals surface area contributed by atoms with Gasteiger partial charge in [-0.1, -0.05) is 73.6 Å². The second kappa shape index (κ2) is 12.8. The Morgan fingerprint density at radius 3 is 2.18 bits per heavy atom. The smallest absolute Gasteiger partial charge is 0.330 e. The van der Waals surface area contributed by atoms with E-state index in [1.165, 1.54) is 11.1 Å². The third-order valence-electron chi connectivity index (χ3n) is 12.8. The van der Waals surface area contributed by atoms with Crippen molar-refractivity contribution >= 4 is 17.9 Å². The molecule has 1 N–H and O–H groups in total. The quantitative estimate of drug-likeness (QED) is 0.185. The minimum Gasteiger partial charge on any atom is -0.478 e. The average Bonchev–Trinajstić information content (AvgIpc) is 3.17. The third kappa shape index (κ3) is 5.73. The van der Waals surface area contributed by atoms with Crippen molar-refractivity contribution in [2.24, 2.45) is 39.4 Å². The van der Waals surface area contributed by atoms with Crippen LogP contribution in [0, 0.1) is 39.4 Å². The highest BCUT2D eigenvalue weighted by atomic mass is 16.5. The Morgan fingerprint density at radius 2 is 1.59 bits per heavy atom. The maximum Gasteiger partial charge on any atom is 0.330 e. The predicted molar refractivity (Wildman–Crippen MR) is 174 cm³/mol. The first-order valence-electron chi connectivity index (χ1n) is 17.3. The molecule has 4 aliphatic rings. The highest BCUT2D eigenvalue weighted by molar-refractivity contribution is 5.85. The monoisotopic (exact) mass is 610 g/mol. The van der Waals surface area contributed by atoms with Crippen LogP contribution in [0.5, 0.6) is 0 Å². The summed E-state index contributed by atoms with van der Waals surface area (Å²) in [6.07, 6.45) is 15.1. The van der Waals surface area contributed by atoms with E-state index >= 15 is 0 Å². The van der Waals surface area contributed by atoms with Gasteiger partial charge in [-0.25, -0.2) is 4.79 Å². The van der Waals surface area contributed by atoms with E-state index in [0.29, 0.717) is 36.2 Å². The van der Waals surface area contributed by atoms with Gasteiger partial charge in [-0.2, -0.15) is 0 Å². The molecule has 2 fully saturated rings. The number of carbonyl (C=O) groups excluding carboxylic acids is 2. The Labute approximate surface area is 266 Å². The summed E-state index contributed by atoms with van der Waals surface area (Å²) < 4.78 is 12.5. The second-order valence-corrected chi connectivity index (χ2v) is 15.7. The van der Waals surface area contributed by atoms with Gasteiger partial charge >= 0.3 is 17.9 Å². The first-order valence-corrected chi connectivity index (χ1v) is 17.3. The molecular weight excluding hydrogens is 552 g/mol. The van der Waals surface area contributed by atoms with Crippen molar-refractivity contribution < 1.29 is 29.0 Å². The Hall–Kier alpha value is -2.37. The van der Waals surface area contributed by atoms with E-state index in [1.807, 2.05) is 19.9 Å². The van der Waals surface area contributed by atoms with E-state index in [2.05, 4.69) is 53.7 Å². The Morgan fingerprint density at radius 1 is 0.977 bits per heavy atom. The molecule has 0 aromatic rings. The molecule has 44 heavy (non-hydrogen) atoms. The van der Waals surface area contributed by atoms with Gasteiger partial charge in [-0.05, 0) is 104 Å². The van der Waals surface area contributed by atoms with Crippen LogP contribution in [0.2, 0.25) is 0 Å². The molecule has 0 amide bonds.